The highest BCUT2D eigenvalue weighted by atomic mass is 16.7. The van der Waals surface area contributed by atoms with Crippen LogP contribution in [0.3, 0.4) is 0 Å². The lowest BCUT2D eigenvalue weighted by Crippen LogP contribution is -2.41. The second-order valence-corrected chi connectivity index (χ2v) is 9.04. The zero-order valence-electron chi connectivity index (χ0n) is 14.2. The van der Waals surface area contributed by atoms with E-state index in [1.807, 2.05) is 0 Å². The van der Waals surface area contributed by atoms with Gasteiger partial charge in [-0.25, -0.2) is 0 Å². The molecule has 0 amide bonds. The maximum atomic E-state index is 6.28. The van der Waals surface area contributed by atoms with Gasteiger partial charge in [-0.15, -0.1) is 0 Å². The number of piperidine rings is 1. The minimum atomic E-state index is -0.172. The lowest BCUT2D eigenvalue weighted by Gasteiger charge is -2.33. The van der Waals surface area contributed by atoms with E-state index in [0.717, 1.165) is 5.92 Å². The maximum Gasteiger partial charge on any atom is 0.461 e. The van der Waals surface area contributed by atoms with Gasteiger partial charge in [0.1, 0.15) is 0 Å². The van der Waals surface area contributed by atoms with Crippen LogP contribution in [0.1, 0.15) is 59.8 Å². The molecular weight excluding hydrogens is 261 g/mol. The van der Waals surface area contributed by atoms with Crippen LogP contribution in [0.2, 0.25) is 5.82 Å². The van der Waals surface area contributed by atoms with E-state index in [2.05, 4.69) is 32.6 Å². The van der Waals surface area contributed by atoms with Crippen molar-refractivity contribution in [2.75, 3.05) is 19.6 Å². The lowest BCUT2D eigenvalue weighted by atomic mass is 9.74. The SMILES string of the molecule is CC1(C)OB(C2CC23CCN(CC2CC2)CC3)OC1(C)C. The fourth-order valence-corrected chi connectivity index (χ4v) is 4.24. The molecule has 0 aromatic rings. The van der Waals surface area contributed by atoms with Gasteiger partial charge in [-0.05, 0) is 84.2 Å². The van der Waals surface area contributed by atoms with Crippen molar-refractivity contribution in [2.45, 2.75) is 76.8 Å². The summed E-state index contributed by atoms with van der Waals surface area (Å²) in [5.74, 6) is 1.67. The maximum absolute atomic E-state index is 6.28. The van der Waals surface area contributed by atoms with E-state index >= 15 is 0 Å². The van der Waals surface area contributed by atoms with Crippen LogP contribution in [-0.4, -0.2) is 42.9 Å². The third-order valence-corrected chi connectivity index (χ3v) is 6.92. The standard InChI is InChI=1S/C17H30BNO2/c1-15(2)16(3,4)21-18(20-15)14-11-17(14)7-9-19(10-8-17)12-13-5-6-13/h13-14H,5-12H2,1-4H3. The van der Waals surface area contributed by atoms with Gasteiger partial charge in [-0.1, -0.05) is 0 Å². The molecule has 2 saturated carbocycles. The highest BCUT2D eigenvalue weighted by molar-refractivity contribution is 6.49. The van der Waals surface area contributed by atoms with Crippen molar-refractivity contribution >= 4 is 7.12 Å². The molecule has 4 fully saturated rings. The quantitative estimate of drug-likeness (QED) is 0.744. The molecule has 1 spiro atoms. The molecule has 2 saturated heterocycles. The first-order valence-corrected chi connectivity index (χ1v) is 8.89. The Labute approximate surface area is 129 Å². The Bertz CT molecular complexity index is 409. The smallest absolute Gasteiger partial charge is 0.403 e. The van der Waals surface area contributed by atoms with Crippen molar-refractivity contribution in [3.8, 4) is 0 Å². The fourth-order valence-electron chi connectivity index (χ4n) is 4.24. The Morgan fingerprint density at radius 3 is 2.10 bits per heavy atom. The molecule has 4 heteroatoms. The van der Waals surface area contributed by atoms with Crippen molar-refractivity contribution < 1.29 is 9.31 Å². The van der Waals surface area contributed by atoms with Crippen molar-refractivity contribution in [3.05, 3.63) is 0 Å². The average Bonchev–Trinajstić information content (AvgIpc) is 3.27. The number of likely N-dealkylation sites (tertiary alicyclic amines) is 1. The second kappa shape index (κ2) is 4.49. The van der Waals surface area contributed by atoms with E-state index in [0.29, 0.717) is 11.2 Å². The zero-order valence-corrected chi connectivity index (χ0v) is 14.2. The summed E-state index contributed by atoms with van der Waals surface area (Å²) in [6.45, 7) is 12.6. The van der Waals surface area contributed by atoms with Crippen LogP contribution in [-0.2, 0) is 9.31 Å². The van der Waals surface area contributed by atoms with Crippen LogP contribution in [0.25, 0.3) is 0 Å². The van der Waals surface area contributed by atoms with Gasteiger partial charge in [-0.2, -0.15) is 0 Å². The Balaban J connectivity index is 1.34. The third kappa shape index (κ3) is 2.47. The van der Waals surface area contributed by atoms with Crippen LogP contribution in [0.4, 0.5) is 0 Å². The molecule has 0 aromatic heterocycles. The van der Waals surface area contributed by atoms with Crippen molar-refractivity contribution in [1.29, 1.82) is 0 Å². The molecule has 0 aromatic carbocycles. The Kier molecular flexibility index (Phi) is 3.10. The molecule has 2 aliphatic carbocycles. The highest BCUT2D eigenvalue weighted by Crippen LogP contribution is 2.67. The van der Waals surface area contributed by atoms with Gasteiger partial charge < -0.3 is 14.2 Å². The summed E-state index contributed by atoms with van der Waals surface area (Å²) in [7, 11) is 0.0324. The second-order valence-electron chi connectivity index (χ2n) is 9.04. The minimum absolute atomic E-state index is 0.0324. The molecule has 0 N–H and O–H groups in total. The molecule has 0 bridgehead atoms. The van der Waals surface area contributed by atoms with Crippen LogP contribution in [0, 0.1) is 11.3 Å². The summed E-state index contributed by atoms with van der Waals surface area (Å²) in [5, 5.41) is 0. The van der Waals surface area contributed by atoms with E-state index in [4.69, 9.17) is 9.31 Å². The number of nitrogens with zero attached hydrogens (tertiary/aromatic N) is 1. The highest BCUT2D eigenvalue weighted by Gasteiger charge is 2.66. The predicted molar refractivity (Wildman–Crippen MR) is 85.3 cm³/mol. The van der Waals surface area contributed by atoms with Gasteiger partial charge in [-0.3, -0.25) is 0 Å². The first-order valence-electron chi connectivity index (χ1n) is 8.89. The molecule has 4 rings (SSSR count). The van der Waals surface area contributed by atoms with E-state index in [-0.39, 0.29) is 18.3 Å². The molecular formula is C17H30BNO2. The molecule has 118 valence electrons. The lowest BCUT2D eigenvalue weighted by molar-refractivity contribution is 0.00578. The summed E-state index contributed by atoms with van der Waals surface area (Å²) >= 11 is 0. The summed E-state index contributed by atoms with van der Waals surface area (Å²) in [6, 6.07) is 0. The van der Waals surface area contributed by atoms with Gasteiger partial charge in [0.15, 0.2) is 0 Å². The Morgan fingerprint density at radius 1 is 1.00 bits per heavy atom. The Morgan fingerprint density at radius 2 is 1.57 bits per heavy atom. The van der Waals surface area contributed by atoms with Crippen LogP contribution >= 0.6 is 0 Å². The van der Waals surface area contributed by atoms with Gasteiger partial charge in [0.25, 0.3) is 0 Å². The summed E-state index contributed by atoms with van der Waals surface area (Å²) in [4.78, 5) is 2.70. The van der Waals surface area contributed by atoms with E-state index in [1.165, 1.54) is 51.7 Å². The van der Waals surface area contributed by atoms with Crippen molar-refractivity contribution in [2.24, 2.45) is 11.3 Å². The van der Waals surface area contributed by atoms with Crippen LogP contribution in [0.5, 0.6) is 0 Å². The molecule has 2 heterocycles. The van der Waals surface area contributed by atoms with Crippen LogP contribution < -0.4 is 0 Å². The molecule has 1 unspecified atom stereocenters. The van der Waals surface area contributed by atoms with Gasteiger partial charge in [0, 0.05) is 12.4 Å². The number of rotatable bonds is 3. The van der Waals surface area contributed by atoms with Crippen molar-refractivity contribution in [3.63, 3.8) is 0 Å². The first kappa shape index (κ1) is 14.5. The first-order chi connectivity index (χ1) is 9.81. The monoisotopic (exact) mass is 291 g/mol. The predicted octanol–water partition coefficient (Wildman–Crippen LogP) is 3.34. The van der Waals surface area contributed by atoms with Gasteiger partial charge in [0.05, 0.1) is 11.2 Å². The van der Waals surface area contributed by atoms with Crippen molar-refractivity contribution in [1.82, 2.24) is 4.90 Å². The number of hydrogen-bond donors (Lipinski definition) is 0. The molecule has 1 atom stereocenters. The molecule has 3 nitrogen and oxygen atoms in total. The van der Waals surface area contributed by atoms with Gasteiger partial charge in [0.2, 0.25) is 0 Å². The average molecular weight is 291 g/mol. The summed E-state index contributed by atoms with van der Waals surface area (Å²) < 4.78 is 12.6. The summed E-state index contributed by atoms with van der Waals surface area (Å²) in [5.41, 5.74) is 0.198. The Hall–Kier alpha value is -0.0551. The third-order valence-electron chi connectivity index (χ3n) is 6.92. The van der Waals surface area contributed by atoms with E-state index in [1.54, 1.807) is 0 Å². The van der Waals surface area contributed by atoms with E-state index in [9.17, 15) is 0 Å². The molecule has 0 radical (unpaired) electrons. The largest absolute Gasteiger partial charge is 0.461 e. The molecule has 2 aliphatic heterocycles. The minimum Gasteiger partial charge on any atom is -0.403 e. The normalized spacial score (nSPS) is 37.1. The van der Waals surface area contributed by atoms with E-state index < -0.39 is 0 Å². The molecule has 4 aliphatic rings. The van der Waals surface area contributed by atoms with Crippen LogP contribution in [0.15, 0.2) is 0 Å². The zero-order chi connectivity index (χ0) is 14.9. The topological polar surface area (TPSA) is 21.7 Å². The number of hydrogen-bond acceptors (Lipinski definition) is 3. The summed E-state index contributed by atoms with van der Waals surface area (Å²) in [6.07, 6.45) is 6.97. The molecule has 21 heavy (non-hydrogen) atoms. The fraction of sp³-hybridized carbons (Fsp3) is 1.00. The van der Waals surface area contributed by atoms with Gasteiger partial charge >= 0.3 is 7.12 Å².